The predicted octanol–water partition coefficient (Wildman–Crippen LogP) is 5.40. The maximum Gasteiger partial charge on any atom is 0.0462 e. The van der Waals surface area contributed by atoms with E-state index in [0.717, 1.165) is 21.5 Å². The van der Waals surface area contributed by atoms with Crippen molar-refractivity contribution in [2.24, 2.45) is 0 Å². The lowest BCUT2D eigenvalue weighted by atomic mass is 10.2. The zero-order valence-corrected chi connectivity index (χ0v) is 13.2. The first-order chi connectivity index (χ1) is 9.72. The smallest absolute Gasteiger partial charge is 0.0462 e. The van der Waals surface area contributed by atoms with Crippen molar-refractivity contribution in [3.63, 3.8) is 0 Å². The van der Waals surface area contributed by atoms with E-state index in [1.54, 1.807) is 11.8 Å². The molecule has 0 heterocycles. The van der Waals surface area contributed by atoms with E-state index in [1.807, 2.05) is 30.3 Å². The highest BCUT2D eigenvalue weighted by molar-refractivity contribution is 7.99. The summed E-state index contributed by atoms with van der Waals surface area (Å²) in [7, 11) is 0. The highest BCUT2D eigenvalue weighted by Gasteiger charge is 2.21. The normalized spacial score (nSPS) is 14.5. The Morgan fingerprint density at radius 1 is 1.10 bits per heavy atom. The van der Waals surface area contributed by atoms with Gasteiger partial charge in [-0.1, -0.05) is 47.1 Å². The minimum atomic E-state index is 0.676. The Kier molecular flexibility index (Phi) is 4.57. The van der Waals surface area contributed by atoms with Gasteiger partial charge in [-0.25, -0.2) is 0 Å². The van der Waals surface area contributed by atoms with Crippen LogP contribution in [-0.2, 0) is 6.54 Å². The summed E-state index contributed by atoms with van der Waals surface area (Å²) in [6.07, 6.45) is 2.56. The van der Waals surface area contributed by atoms with Gasteiger partial charge >= 0.3 is 0 Å². The van der Waals surface area contributed by atoms with Gasteiger partial charge in [0.1, 0.15) is 0 Å². The fourth-order valence-corrected chi connectivity index (χ4v) is 3.59. The molecule has 1 aliphatic rings. The zero-order valence-electron chi connectivity index (χ0n) is 10.9. The lowest BCUT2D eigenvalue weighted by Crippen LogP contribution is -2.16. The fraction of sp³-hybridized carbons (Fsp3) is 0.250. The summed E-state index contributed by atoms with van der Waals surface area (Å²) in [5, 5.41) is 5.11. The van der Waals surface area contributed by atoms with Gasteiger partial charge in [-0.15, -0.1) is 0 Å². The average molecular weight is 324 g/mol. The molecule has 3 rings (SSSR count). The van der Waals surface area contributed by atoms with Crippen molar-refractivity contribution in [2.45, 2.75) is 35.2 Å². The molecular formula is C16H15Cl2NS. The minimum absolute atomic E-state index is 0.676. The number of nitrogens with one attached hydrogen (secondary N) is 1. The fourth-order valence-electron chi connectivity index (χ4n) is 2.00. The molecule has 20 heavy (non-hydrogen) atoms. The maximum atomic E-state index is 6.35. The molecule has 0 aliphatic heterocycles. The summed E-state index contributed by atoms with van der Waals surface area (Å²) >= 11 is 14.1. The highest BCUT2D eigenvalue weighted by Crippen LogP contribution is 2.35. The summed E-state index contributed by atoms with van der Waals surface area (Å²) < 4.78 is 0. The van der Waals surface area contributed by atoms with Crippen LogP contribution in [0.15, 0.2) is 52.3 Å². The zero-order chi connectivity index (χ0) is 13.9. The molecule has 104 valence electrons. The molecule has 0 bridgehead atoms. The van der Waals surface area contributed by atoms with Crippen LogP contribution in [0.1, 0.15) is 18.4 Å². The molecule has 1 nitrogen and oxygen atoms in total. The molecule has 0 radical (unpaired) electrons. The van der Waals surface area contributed by atoms with Crippen LogP contribution in [-0.4, -0.2) is 6.04 Å². The van der Waals surface area contributed by atoms with Gasteiger partial charge in [0, 0.05) is 32.4 Å². The van der Waals surface area contributed by atoms with Crippen molar-refractivity contribution in [2.75, 3.05) is 0 Å². The van der Waals surface area contributed by atoms with Gasteiger partial charge in [0.05, 0.1) is 0 Å². The Morgan fingerprint density at radius 2 is 1.90 bits per heavy atom. The van der Waals surface area contributed by atoms with E-state index >= 15 is 0 Å². The monoisotopic (exact) mass is 323 g/mol. The minimum Gasteiger partial charge on any atom is -0.310 e. The summed E-state index contributed by atoms with van der Waals surface area (Å²) in [4.78, 5) is 2.32. The first kappa shape index (κ1) is 14.3. The van der Waals surface area contributed by atoms with Crippen molar-refractivity contribution < 1.29 is 0 Å². The van der Waals surface area contributed by atoms with E-state index in [-0.39, 0.29) is 0 Å². The number of halogens is 2. The first-order valence-corrected chi connectivity index (χ1v) is 8.24. The van der Waals surface area contributed by atoms with Crippen LogP contribution in [0.3, 0.4) is 0 Å². The lowest BCUT2D eigenvalue weighted by Gasteiger charge is -2.12. The Labute approximate surface area is 133 Å². The van der Waals surface area contributed by atoms with Gasteiger partial charge in [0.2, 0.25) is 0 Å². The van der Waals surface area contributed by atoms with Gasteiger partial charge in [-0.3, -0.25) is 0 Å². The Bertz CT molecular complexity index is 611. The molecule has 0 atom stereocenters. The van der Waals surface area contributed by atoms with E-state index in [2.05, 4.69) is 17.4 Å². The molecule has 0 saturated heterocycles. The summed E-state index contributed by atoms with van der Waals surface area (Å²) in [5.41, 5.74) is 1.17. The molecule has 1 saturated carbocycles. The Morgan fingerprint density at radius 3 is 2.65 bits per heavy atom. The van der Waals surface area contributed by atoms with Gasteiger partial charge in [-0.05, 0) is 48.7 Å². The predicted molar refractivity (Wildman–Crippen MR) is 86.9 cm³/mol. The van der Waals surface area contributed by atoms with Gasteiger partial charge in [0.15, 0.2) is 0 Å². The lowest BCUT2D eigenvalue weighted by molar-refractivity contribution is 0.680. The van der Waals surface area contributed by atoms with Gasteiger partial charge in [0.25, 0.3) is 0 Å². The maximum absolute atomic E-state index is 6.35. The molecule has 0 amide bonds. The van der Waals surface area contributed by atoms with Crippen LogP contribution in [0.25, 0.3) is 0 Å². The number of hydrogen-bond donors (Lipinski definition) is 1. The Hall–Kier alpha value is -0.670. The molecule has 4 heteroatoms. The van der Waals surface area contributed by atoms with Crippen molar-refractivity contribution >= 4 is 35.0 Å². The Balaban J connectivity index is 1.82. The van der Waals surface area contributed by atoms with Crippen molar-refractivity contribution in [3.05, 3.63) is 58.1 Å². The standard InChI is InChI=1S/C16H15Cl2NS/c17-11-3-1-4-13(9-11)20-16-6-2-5-15(18)14(16)10-19-12-7-8-12/h1-6,9,12,19H,7-8,10H2. The molecule has 2 aromatic rings. The number of rotatable bonds is 5. The van der Waals surface area contributed by atoms with E-state index in [9.17, 15) is 0 Å². The van der Waals surface area contributed by atoms with Crippen LogP contribution < -0.4 is 5.32 Å². The van der Waals surface area contributed by atoms with Crippen LogP contribution in [0.4, 0.5) is 0 Å². The second-order valence-electron chi connectivity index (χ2n) is 4.93. The summed E-state index contributed by atoms with van der Waals surface area (Å²) in [6, 6.07) is 14.6. The SMILES string of the molecule is Clc1cccc(Sc2cccc(Cl)c2CNC2CC2)c1. The van der Waals surface area contributed by atoms with E-state index < -0.39 is 0 Å². The van der Waals surface area contributed by atoms with Crippen molar-refractivity contribution in [1.82, 2.24) is 5.32 Å². The van der Waals surface area contributed by atoms with Crippen LogP contribution in [0.2, 0.25) is 10.0 Å². The van der Waals surface area contributed by atoms with E-state index in [1.165, 1.54) is 23.3 Å². The third-order valence-electron chi connectivity index (χ3n) is 3.24. The number of benzene rings is 2. The molecule has 0 spiro atoms. The van der Waals surface area contributed by atoms with Crippen LogP contribution >= 0.6 is 35.0 Å². The van der Waals surface area contributed by atoms with Crippen LogP contribution in [0.5, 0.6) is 0 Å². The summed E-state index contributed by atoms with van der Waals surface area (Å²) in [5.74, 6) is 0. The van der Waals surface area contributed by atoms with Crippen LogP contribution in [0, 0.1) is 0 Å². The average Bonchev–Trinajstić information content (AvgIpc) is 3.22. The second-order valence-corrected chi connectivity index (χ2v) is 6.89. The third kappa shape index (κ3) is 3.70. The first-order valence-electron chi connectivity index (χ1n) is 6.66. The molecule has 0 aromatic heterocycles. The highest BCUT2D eigenvalue weighted by atomic mass is 35.5. The van der Waals surface area contributed by atoms with Crippen molar-refractivity contribution in [3.8, 4) is 0 Å². The molecular weight excluding hydrogens is 309 g/mol. The largest absolute Gasteiger partial charge is 0.310 e. The third-order valence-corrected chi connectivity index (χ3v) is 4.93. The van der Waals surface area contributed by atoms with Crippen molar-refractivity contribution in [1.29, 1.82) is 0 Å². The van der Waals surface area contributed by atoms with Gasteiger partial charge in [-0.2, -0.15) is 0 Å². The molecule has 0 unspecified atom stereocenters. The number of hydrogen-bond acceptors (Lipinski definition) is 2. The van der Waals surface area contributed by atoms with Gasteiger partial charge < -0.3 is 5.32 Å². The second kappa shape index (κ2) is 6.40. The topological polar surface area (TPSA) is 12.0 Å². The van der Waals surface area contributed by atoms with E-state index in [0.29, 0.717) is 6.04 Å². The molecule has 2 aromatic carbocycles. The molecule has 1 fully saturated rings. The summed E-state index contributed by atoms with van der Waals surface area (Å²) in [6.45, 7) is 0.827. The molecule has 1 aliphatic carbocycles. The quantitative estimate of drug-likeness (QED) is 0.790. The molecule has 1 N–H and O–H groups in total. The van der Waals surface area contributed by atoms with E-state index in [4.69, 9.17) is 23.2 Å².